The summed E-state index contributed by atoms with van der Waals surface area (Å²) in [6.07, 6.45) is -2.84. The molecule has 1 rings (SSSR count). The fourth-order valence-corrected chi connectivity index (χ4v) is 1.26. The lowest BCUT2D eigenvalue weighted by Gasteiger charge is -2.15. The number of hydrogen-bond acceptors (Lipinski definition) is 3. The maximum absolute atomic E-state index is 13.4. The quantitative estimate of drug-likeness (QED) is 0.915. The molecule has 0 radical (unpaired) electrons. The molecule has 7 heteroatoms. The van der Waals surface area contributed by atoms with Crippen LogP contribution in [0, 0.1) is 5.82 Å². The highest BCUT2D eigenvalue weighted by Crippen LogP contribution is 2.33. The lowest BCUT2D eigenvalue weighted by Crippen LogP contribution is -2.20. The van der Waals surface area contributed by atoms with Gasteiger partial charge in [0.1, 0.15) is 5.82 Å². The number of nitrogens with two attached hydrogens (primary N) is 1. The second kappa shape index (κ2) is 6.56. The average molecular weight is 272 g/mol. The van der Waals surface area contributed by atoms with Gasteiger partial charge >= 0.3 is 0 Å². The van der Waals surface area contributed by atoms with Crippen molar-refractivity contribution in [2.75, 3.05) is 14.2 Å². The van der Waals surface area contributed by atoms with E-state index >= 15 is 0 Å². The van der Waals surface area contributed by atoms with Gasteiger partial charge in [0.15, 0.2) is 11.5 Å². The van der Waals surface area contributed by atoms with Crippen LogP contribution in [0.4, 0.5) is 13.2 Å². The van der Waals surface area contributed by atoms with E-state index in [-0.39, 0.29) is 29.5 Å². The highest BCUT2D eigenvalue weighted by molar-refractivity contribution is 5.85. The first kappa shape index (κ1) is 15.9. The van der Waals surface area contributed by atoms with Crippen LogP contribution in [-0.4, -0.2) is 20.6 Å². The molecular formula is C10H13ClF3NO2. The minimum absolute atomic E-state index is 0. The fraction of sp³-hybridized carbons (Fsp3) is 0.400. The van der Waals surface area contributed by atoms with Gasteiger partial charge in [0.2, 0.25) is 0 Å². The Hall–Kier alpha value is -1.14. The van der Waals surface area contributed by atoms with Gasteiger partial charge in [-0.3, -0.25) is 0 Å². The summed E-state index contributed by atoms with van der Waals surface area (Å²) in [5.41, 5.74) is 4.87. The Balaban J connectivity index is 0.00000256. The largest absolute Gasteiger partial charge is 0.493 e. The van der Waals surface area contributed by atoms with Crippen LogP contribution >= 0.6 is 12.4 Å². The Morgan fingerprint density at radius 3 is 2.00 bits per heavy atom. The molecule has 98 valence electrons. The Kier molecular flexibility index (Phi) is 6.12. The van der Waals surface area contributed by atoms with E-state index < -0.39 is 18.3 Å². The molecule has 0 saturated heterocycles. The van der Waals surface area contributed by atoms with Crippen LogP contribution in [-0.2, 0) is 0 Å². The maximum Gasteiger partial charge on any atom is 0.257 e. The number of benzene rings is 1. The van der Waals surface area contributed by atoms with Gasteiger partial charge in [0.05, 0.1) is 20.3 Å². The summed E-state index contributed by atoms with van der Waals surface area (Å²) in [6, 6.07) is 0.404. The van der Waals surface area contributed by atoms with Crippen molar-refractivity contribution < 1.29 is 22.6 Å². The predicted molar refractivity (Wildman–Crippen MR) is 59.7 cm³/mol. The minimum atomic E-state index is -2.84. The first-order valence-corrected chi connectivity index (χ1v) is 4.46. The molecule has 0 aliphatic heterocycles. The van der Waals surface area contributed by atoms with E-state index in [1.54, 1.807) is 0 Å². The molecule has 1 aromatic carbocycles. The van der Waals surface area contributed by atoms with Crippen LogP contribution in [0.25, 0.3) is 0 Å². The summed E-state index contributed by atoms with van der Waals surface area (Å²) in [6.45, 7) is 0. The zero-order valence-electron chi connectivity index (χ0n) is 9.25. The summed E-state index contributed by atoms with van der Waals surface area (Å²) in [4.78, 5) is 0. The van der Waals surface area contributed by atoms with Crippen LogP contribution in [0.3, 0.4) is 0 Å². The van der Waals surface area contributed by atoms with Crippen LogP contribution < -0.4 is 15.2 Å². The zero-order chi connectivity index (χ0) is 12.3. The van der Waals surface area contributed by atoms with E-state index in [9.17, 15) is 13.2 Å². The van der Waals surface area contributed by atoms with Crippen LogP contribution in [0.5, 0.6) is 11.5 Å². The van der Waals surface area contributed by atoms with Crippen LogP contribution in [0.2, 0.25) is 0 Å². The van der Waals surface area contributed by atoms with Gasteiger partial charge in [0.25, 0.3) is 6.43 Å². The van der Waals surface area contributed by atoms with E-state index in [0.29, 0.717) is 0 Å². The summed E-state index contributed by atoms with van der Waals surface area (Å²) in [7, 11) is 2.65. The SMILES string of the molecule is COc1cc(F)c([C@@H](N)C(F)F)cc1OC.Cl. The lowest BCUT2D eigenvalue weighted by molar-refractivity contribution is 0.114. The number of hydrogen-bond donors (Lipinski definition) is 1. The van der Waals surface area contributed by atoms with Gasteiger partial charge in [0, 0.05) is 11.6 Å². The molecule has 0 aromatic heterocycles. The third-order valence-corrected chi connectivity index (χ3v) is 2.13. The first-order valence-electron chi connectivity index (χ1n) is 4.46. The summed E-state index contributed by atoms with van der Waals surface area (Å²) < 4.78 is 47.8. The summed E-state index contributed by atoms with van der Waals surface area (Å²) in [5, 5.41) is 0. The number of rotatable bonds is 4. The summed E-state index contributed by atoms with van der Waals surface area (Å²) >= 11 is 0. The number of halogens is 4. The lowest BCUT2D eigenvalue weighted by atomic mass is 10.1. The minimum Gasteiger partial charge on any atom is -0.493 e. The molecule has 0 bridgehead atoms. The van der Waals surface area contributed by atoms with Crippen LogP contribution in [0.15, 0.2) is 12.1 Å². The topological polar surface area (TPSA) is 44.5 Å². The van der Waals surface area contributed by atoms with E-state index in [4.69, 9.17) is 15.2 Å². The standard InChI is InChI=1S/C10H12F3NO2.ClH/c1-15-7-3-5(9(14)10(12)13)6(11)4-8(7)16-2;/h3-4,9-10H,14H2,1-2H3;1H/t9-;/m1./s1. The Labute approximate surface area is 103 Å². The third-order valence-electron chi connectivity index (χ3n) is 2.13. The highest BCUT2D eigenvalue weighted by Gasteiger charge is 2.23. The monoisotopic (exact) mass is 271 g/mol. The van der Waals surface area contributed by atoms with Crippen molar-refractivity contribution in [2.24, 2.45) is 5.73 Å². The number of methoxy groups -OCH3 is 2. The van der Waals surface area contributed by atoms with Gasteiger partial charge in [-0.25, -0.2) is 13.2 Å². The molecule has 3 nitrogen and oxygen atoms in total. The van der Waals surface area contributed by atoms with Gasteiger partial charge < -0.3 is 15.2 Å². The van der Waals surface area contributed by atoms with Crippen molar-refractivity contribution in [1.29, 1.82) is 0 Å². The van der Waals surface area contributed by atoms with E-state index in [1.165, 1.54) is 14.2 Å². The van der Waals surface area contributed by atoms with Crippen molar-refractivity contribution in [3.63, 3.8) is 0 Å². The molecule has 0 spiro atoms. The molecule has 0 aliphatic carbocycles. The van der Waals surface area contributed by atoms with Gasteiger partial charge in [-0.1, -0.05) is 0 Å². The first-order chi connectivity index (χ1) is 7.51. The van der Waals surface area contributed by atoms with Gasteiger partial charge in [-0.05, 0) is 6.07 Å². The third kappa shape index (κ3) is 3.41. The Bertz CT molecular complexity index is 377. The zero-order valence-corrected chi connectivity index (χ0v) is 10.1. The van der Waals surface area contributed by atoms with Gasteiger partial charge in [-0.15, -0.1) is 12.4 Å². The smallest absolute Gasteiger partial charge is 0.257 e. The van der Waals surface area contributed by atoms with Crippen molar-refractivity contribution in [1.82, 2.24) is 0 Å². The second-order valence-electron chi connectivity index (χ2n) is 3.09. The van der Waals surface area contributed by atoms with Gasteiger partial charge in [-0.2, -0.15) is 0 Å². The summed E-state index contributed by atoms with van der Waals surface area (Å²) in [5.74, 6) is -0.550. The molecule has 1 atom stereocenters. The molecular weight excluding hydrogens is 259 g/mol. The van der Waals surface area contributed by atoms with E-state index in [2.05, 4.69) is 0 Å². The Morgan fingerprint density at radius 2 is 1.59 bits per heavy atom. The van der Waals surface area contributed by atoms with E-state index in [0.717, 1.165) is 12.1 Å². The van der Waals surface area contributed by atoms with Crippen molar-refractivity contribution in [3.8, 4) is 11.5 Å². The molecule has 1 aromatic rings. The van der Waals surface area contributed by atoms with Crippen molar-refractivity contribution in [2.45, 2.75) is 12.5 Å². The molecule has 0 aliphatic rings. The van der Waals surface area contributed by atoms with Crippen LogP contribution in [0.1, 0.15) is 11.6 Å². The molecule has 0 amide bonds. The predicted octanol–water partition coefficient (Wildman–Crippen LogP) is 2.53. The number of alkyl halides is 2. The molecule has 0 heterocycles. The average Bonchev–Trinajstić information content (AvgIpc) is 2.27. The maximum atomic E-state index is 13.4. The van der Waals surface area contributed by atoms with E-state index in [1.807, 2.05) is 0 Å². The van der Waals surface area contributed by atoms with Crippen molar-refractivity contribution >= 4 is 12.4 Å². The molecule has 0 saturated carbocycles. The Morgan fingerprint density at radius 1 is 1.12 bits per heavy atom. The molecule has 0 fully saturated rings. The highest BCUT2D eigenvalue weighted by atomic mass is 35.5. The second-order valence-corrected chi connectivity index (χ2v) is 3.09. The fourth-order valence-electron chi connectivity index (χ4n) is 1.26. The molecule has 17 heavy (non-hydrogen) atoms. The normalized spacial score (nSPS) is 11.9. The molecule has 0 unspecified atom stereocenters. The molecule has 2 N–H and O–H groups in total. The van der Waals surface area contributed by atoms with Crippen molar-refractivity contribution in [3.05, 3.63) is 23.5 Å². The number of ether oxygens (including phenoxy) is 2.